The molecule has 1 fully saturated rings. The van der Waals surface area contributed by atoms with E-state index in [0.29, 0.717) is 6.08 Å². The summed E-state index contributed by atoms with van der Waals surface area (Å²) in [5, 5.41) is 8.13. The van der Waals surface area contributed by atoms with E-state index in [0.717, 1.165) is 0 Å². The molecule has 1 rings (SSSR count). The van der Waals surface area contributed by atoms with Gasteiger partial charge >= 0.3 is 5.97 Å². The van der Waals surface area contributed by atoms with E-state index in [1.807, 2.05) is 0 Å². The highest BCUT2D eigenvalue weighted by Gasteiger charge is 2.21. The summed E-state index contributed by atoms with van der Waals surface area (Å²) in [7, 11) is 0. The number of aliphatic carboxylic acids is 1. The Bertz CT molecular complexity index is 204. The minimum atomic E-state index is -1.23. The second kappa shape index (κ2) is 2.49. The van der Waals surface area contributed by atoms with Gasteiger partial charge < -0.3 is 9.99 Å². The predicted molar refractivity (Wildman–Crippen MR) is 27.8 cm³/mol. The molecule has 0 amide bonds. The Balaban J connectivity index is 2.72. The zero-order chi connectivity index (χ0) is 7.56. The molecule has 1 N–H and O–H groups in total. The lowest BCUT2D eigenvalue weighted by Crippen LogP contribution is -2.00. The normalized spacial score (nSPS) is 21.2. The highest BCUT2D eigenvalue weighted by molar-refractivity contribution is 6.00. The Hall–Kier alpha value is -1.36. The van der Waals surface area contributed by atoms with Crippen LogP contribution in [-0.4, -0.2) is 23.5 Å². The Kier molecular flexibility index (Phi) is 1.68. The van der Waals surface area contributed by atoms with Crippen LogP contribution >= 0.6 is 0 Å². The fourth-order valence-electron chi connectivity index (χ4n) is 0.481. The third-order valence-electron chi connectivity index (χ3n) is 0.868. The molecule has 0 bridgehead atoms. The average molecular weight is 144 g/mol. The van der Waals surface area contributed by atoms with Crippen molar-refractivity contribution >= 4 is 11.8 Å². The maximum atomic E-state index is 10.5. The number of carboxylic acid groups (broad SMARTS) is 1. The molecular formula is C5H4O5. The zero-order valence-electron chi connectivity index (χ0n) is 4.86. The standard InChI is InChI=1S/C5H4O5/c6-3-2-9-10-4(3)1-5(7)8/h1H,2H2,(H,7,8)/b4-1+. The second-order valence-electron chi connectivity index (χ2n) is 1.62. The highest BCUT2D eigenvalue weighted by atomic mass is 17.2. The molecule has 0 spiro atoms. The van der Waals surface area contributed by atoms with Gasteiger partial charge in [0.05, 0.1) is 6.08 Å². The molecule has 0 radical (unpaired) electrons. The highest BCUT2D eigenvalue weighted by Crippen LogP contribution is 2.07. The maximum Gasteiger partial charge on any atom is 0.332 e. The number of Topliss-reactive ketones (excluding diaryl/α,β-unsaturated/α-hetero) is 1. The molecule has 0 aromatic rings. The summed E-state index contributed by atoms with van der Waals surface area (Å²) < 4.78 is 0. The van der Waals surface area contributed by atoms with Gasteiger partial charge in [-0.3, -0.25) is 4.79 Å². The third-order valence-corrected chi connectivity index (χ3v) is 0.868. The molecule has 0 saturated carbocycles. The van der Waals surface area contributed by atoms with E-state index in [2.05, 4.69) is 9.78 Å². The fourth-order valence-corrected chi connectivity index (χ4v) is 0.481. The molecule has 54 valence electrons. The van der Waals surface area contributed by atoms with Gasteiger partial charge in [-0.15, -0.1) is 0 Å². The van der Waals surface area contributed by atoms with Gasteiger partial charge in [0, 0.05) is 0 Å². The van der Waals surface area contributed by atoms with E-state index in [1.165, 1.54) is 0 Å². The van der Waals surface area contributed by atoms with Crippen LogP contribution in [0.2, 0.25) is 0 Å². The molecular weight excluding hydrogens is 140 g/mol. The van der Waals surface area contributed by atoms with E-state index in [9.17, 15) is 9.59 Å². The molecule has 0 aromatic heterocycles. The lowest BCUT2D eigenvalue weighted by atomic mass is 10.3. The molecule has 0 aromatic carbocycles. The van der Waals surface area contributed by atoms with Crippen LogP contribution in [0.25, 0.3) is 0 Å². The quantitative estimate of drug-likeness (QED) is 0.396. The summed E-state index contributed by atoms with van der Waals surface area (Å²) in [6.45, 7) is -0.209. The molecule has 1 aliphatic rings. The van der Waals surface area contributed by atoms with Crippen molar-refractivity contribution in [1.82, 2.24) is 0 Å². The summed E-state index contributed by atoms with van der Waals surface area (Å²) in [6, 6.07) is 0. The first-order valence-electron chi connectivity index (χ1n) is 2.47. The van der Waals surface area contributed by atoms with Crippen LogP contribution in [0.3, 0.4) is 0 Å². The molecule has 0 aliphatic carbocycles. The van der Waals surface area contributed by atoms with Gasteiger partial charge in [-0.05, 0) is 0 Å². The van der Waals surface area contributed by atoms with Crippen molar-refractivity contribution in [3.05, 3.63) is 11.8 Å². The van der Waals surface area contributed by atoms with Crippen LogP contribution in [0.4, 0.5) is 0 Å². The molecule has 5 heteroatoms. The fraction of sp³-hybridized carbons (Fsp3) is 0.200. The van der Waals surface area contributed by atoms with E-state index >= 15 is 0 Å². The first-order valence-corrected chi connectivity index (χ1v) is 2.47. The first kappa shape index (κ1) is 6.76. The number of ketones is 1. The van der Waals surface area contributed by atoms with Crippen LogP contribution < -0.4 is 0 Å². The topological polar surface area (TPSA) is 72.8 Å². The Labute approximate surface area is 55.8 Å². The van der Waals surface area contributed by atoms with Crippen LogP contribution in [-0.2, 0) is 19.4 Å². The number of rotatable bonds is 1. The summed E-state index contributed by atoms with van der Waals surface area (Å²) in [5.74, 6) is -1.94. The largest absolute Gasteiger partial charge is 0.478 e. The van der Waals surface area contributed by atoms with Crippen molar-refractivity contribution in [2.24, 2.45) is 0 Å². The van der Waals surface area contributed by atoms with Gasteiger partial charge in [-0.25, -0.2) is 4.79 Å². The number of carbonyl (C=O) groups excluding carboxylic acids is 1. The maximum absolute atomic E-state index is 10.5. The minimum Gasteiger partial charge on any atom is -0.478 e. The Morgan fingerprint density at radius 2 is 2.40 bits per heavy atom. The summed E-state index contributed by atoms with van der Waals surface area (Å²) in [6.07, 6.45) is 0.662. The zero-order valence-corrected chi connectivity index (χ0v) is 4.86. The smallest absolute Gasteiger partial charge is 0.332 e. The monoisotopic (exact) mass is 144 g/mol. The molecule has 1 saturated heterocycles. The van der Waals surface area contributed by atoms with Crippen molar-refractivity contribution in [3.8, 4) is 0 Å². The van der Waals surface area contributed by atoms with Crippen molar-refractivity contribution in [2.75, 3.05) is 6.61 Å². The van der Waals surface area contributed by atoms with Crippen LogP contribution in [0, 0.1) is 0 Å². The van der Waals surface area contributed by atoms with Gasteiger partial charge in [-0.1, -0.05) is 0 Å². The minimum absolute atomic E-state index is 0.209. The van der Waals surface area contributed by atoms with Crippen LogP contribution in [0.15, 0.2) is 11.8 Å². The van der Waals surface area contributed by atoms with Gasteiger partial charge in [0.2, 0.25) is 11.5 Å². The third kappa shape index (κ3) is 1.32. The summed E-state index contributed by atoms with van der Waals surface area (Å²) in [5.41, 5.74) is 0. The van der Waals surface area contributed by atoms with Gasteiger partial charge in [0.25, 0.3) is 0 Å². The number of hydrogen-bond acceptors (Lipinski definition) is 4. The van der Waals surface area contributed by atoms with Crippen molar-refractivity contribution in [3.63, 3.8) is 0 Å². The lowest BCUT2D eigenvalue weighted by Gasteiger charge is -1.87. The van der Waals surface area contributed by atoms with E-state index < -0.39 is 11.8 Å². The molecule has 1 heterocycles. The molecule has 1 aliphatic heterocycles. The lowest BCUT2D eigenvalue weighted by molar-refractivity contribution is -0.223. The van der Waals surface area contributed by atoms with Crippen molar-refractivity contribution < 1.29 is 24.5 Å². The number of carbonyl (C=O) groups is 2. The SMILES string of the molecule is O=C(O)/C=C1/OOCC1=O. The van der Waals surface area contributed by atoms with Crippen LogP contribution in [0.1, 0.15) is 0 Å². The average Bonchev–Trinajstić information content (AvgIpc) is 2.15. The van der Waals surface area contributed by atoms with Gasteiger partial charge in [0.1, 0.15) is 0 Å². The molecule has 0 atom stereocenters. The molecule has 10 heavy (non-hydrogen) atoms. The summed E-state index contributed by atoms with van der Waals surface area (Å²) >= 11 is 0. The number of hydrogen-bond donors (Lipinski definition) is 1. The molecule has 5 nitrogen and oxygen atoms in total. The second-order valence-corrected chi connectivity index (χ2v) is 1.62. The van der Waals surface area contributed by atoms with Crippen LogP contribution in [0.5, 0.6) is 0 Å². The Morgan fingerprint density at radius 1 is 1.70 bits per heavy atom. The van der Waals surface area contributed by atoms with E-state index in [1.54, 1.807) is 0 Å². The van der Waals surface area contributed by atoms with Gasteiger partial charge in [-0.2, -0.15) is 4.89 Å². The first-order chi connectivity index (χ1) is 4.70. The van der Waals surface area contributed by atoms with E-state index in [4.69, 9.17) is 5.11 Å². The summed E-state index contributed by atoms with van der Waals surface area (Å²) in [4.78, 5) is 28.9. The molecule has 0 unspecified atom stereocenters. The number of carboxylic acids is 1. The van der Waals surface area contributed by atoms with Crippen molar-refractivity contribution in [1.29, 1.82) is 0 Å². The predicted octanol–water partition coefficient (Wildman–Crippen LogP) is -0.514. The van der Waals surface area contributed by atoms with Crippen molar-refractivity contribution in [2.45, 2.75) is 0 Å². The van der Waals surface area contributed by atoms with Gasteiger partial charge in [0.15, 0.2) is 6.61 Å². The Morgan fingerprint density at radius 3 is 2.80 bits per heavy atom. The van der Waals surface area contributed by atoms with E-state index in [-0.39, 0.29) is 12.4 Å².